The maximum absolute atomic E-state index is 12.3. The van der Waals surface area contributed by atoms with Crippen LogP contribution in [0.2, 0.25) is 0 Å². The lowest BCUT2D eigenvalue weighted by molar-refractivity contribution is 0.207. The second-order valence-electron chi connectivity index (χ2n) is 6.79. The van der Waals surface area contributed by atoms with E-state index in [4.69, 9.17) is 0 Å². The molecular weight excluding hydrogens is 328 g/mol. The van der Waals surface area contributed by atoms with Crippen molar-refractivity contribution < 1.29 is 4.79 Å². The Kier molecular flexibility index (Phi) is 4.30. The van der Waals surface area contributed by atoms with E-state index in [1.165, 1.54) is 11.1 Å². The molecule has 2 amide bonds. The first-order valence-corrected chi connectivity index (χ1v) is 8.71. The summed E-state index contributed by atoms with van der Waals surface area (Å²) in [6.45, 7) is 1.51. The van der Waals surface area contributed by atoms with Crippen LogP contribution >= 0.6 is 0 Å². The van der Waals surface area contributed by atoms with E-state index in [1.54, 1.807) is 4.68 Å². The highest BCUT2D eigenvalue weighted by Crippen LogP contribution is 2.21. The van der Waals surface area contributed by atoms with Gasteiger partial charge in [-0.25, -0.2) is 9.48 Å². The summed E-state index contributed by atoms with van der Waals surface area (Å²) in [6.07, 6.45) is 0.943. The Morgan fingerprint density at radius 1 is 1.19 bits per heavy atom. The lowest BCUT2D eigenvalue weighted by atomic mass is 9.94. The summed E-state index contributed by atoms with van der Waals surface area (Å²) in [5.74, 6) is 0. The number of likely N-dealkylation sites (N-methyl/N-ethyl adjacent to an activating group) is 1. The van der Waals surface area contributed by atoms with Crippen molar-refractivity contribution in [3.63, 3.8) is 0 Å². The van der Waals surface area contributed by atoms with Gasteiger partial charge >= 0.3 is 6.03 Å². The second-order valence-corrected chi connectivity index (χ2v) is 6.79. The van der Waals surface area contributed by atoms with Gasteiger partial charge in [-0.3, -0.25) is 4.90 Å². The van der Waals surface area contributed by atoms with Crippen LogP contribution in [0.15, 0.2) is 42.5 Å². The average Bonchev–Trinajstić information content (AvgIpc) is 3.00. The zero-order valence-electron chi connectivity index (χ0n) is 14.9. The summed E-state index contributed by atoms with van der Waals surface area (Å²) < 4.78 is 1.70. The van der Waals surface area contributed by atoms with E-state index in [9.17, 15) is 4.79 Å². The first-order chi connectivity index (χ1) is 12.6. The SMILES string of the molecule is CN1Cc2ccccc2CC1CNC(=O)Nc1ccc2c(c1)nnn2C. The van der Waals surface area contributed by atoms with Gasteiger partial charge in [0.25, 0.3) is 0 Å². The van der Waals surface area contributed by atoms with Crippen LogP contribution in [-0.4, -0.2) is 45.6 Å². The van der Waals surface area contributed by atoms with Crippen LogP contribution in [0.4, 0.5) is 10.5 Å². The van der Waals surface area contributed by atoms with E-state index < -0.39 is 0 Å². The van der Waals surface area contributed by atoms with Crippen LogP contribution in [0.1, 0.15) is 11.1 Å². The molecule has 0 spiro atoms. The van der Waals surface area contributed by atoms with E-state index >= 15 is 0 Å². The smallest absolute Gasteiger partial charge is 0.319 e. The summed E-state index contributed by atoms with van der Waals surface area (Å²) >= 11 is 0. The molecule has 0 saturated carbocycles. The lowest BCUT2D eigenvalue weighted by Crippen LogP contribution is -2.46. The number of rotatable bonds is 3. The van der Waals surface area contributed by atoms with Crippen LogP contribution < -0.4 is 10.6 Å². The number of aromatic nitrogens is 3. The number of hydrogen-bond donors (Lipinski definition) is 2. The molecule has 1 aliphatic rings. The van der Waals surface area contributed by atoms with Gasteiger partial charge < -0.3 is 10.6 Å². The molecule has 1 unspecified atom stereocenters. The molecule has 2 N–H and O–H groups in total. The van der Waals surface area contributed by atoms with E-state index in [0.29, 0.717) is 12.2 Å². The molecule has 1 aromatic heterocycles. The highest BCUT2D eigenvalue weighted by Gasteiger charge is 2.23. The number of fused-ring (bicyclic) bond motifs is 2. The molecule has 26 heavy (non-hydrogen) atoms. The molecule has 0 saturated heterocycles. The van der Waals surface area contributed by atoms with Crippen molar-refractivity contribution >= 4 is 22.8 Å². The molecule has 0 radical (unpaired) electrons. The van der Waals surface area contributed by atoms with Crippen molar-refractivity contribution in [2.24, 2.45) is 7.05 Å². The molecule has 4 rings (SSSR count). The van der Waals surface area contributed by atoms with Crippen LogP contribution in [0.25, 0.3) is 11.0 Å². The summed E-state index contributed by atoms with van der Waals surface area (Å²) in [5, 5.41) is 13.9. The molecule has 2 heterocycles. The third-order valence-electron chi connectivity index (χ3n) is 4.98. The summed E-state index contributed by atoms with van der Waals surface area (Å²) in [4.78, 5) is 14.6. The predicted octanol–water partition coefficient (Wildman–Crippen LogP) is 2.15. The highest BCUT2D eigenvalue weighted by atomic mass is 16.2. The summed E-state index contributed by atoms with van der Waals surface area (Å²) in [5.41, 5.74) is 5.13. The van der Waals surface area contributed by atoms with Gasteiger partial charge in [-0.05, 0) is 42.8 Å². The Labute approximate surface area is 152 Å². The Hall–Kier alpha value is -2.93. The van der Waals surface area contributed by atoms with Crippen molar-refractivity contribution in [1.82, 2.24) is 25.2 Å². The van der Waals surface area contributed by atoms with E-state index in [-0.39, 0.29) is 12.1 Å². The molecule has 3 aromatic rings. The van der Waals surface area contributed by atoms with Gasteiger partial charge in [-0.2, -0.15) is 0 Å². The van der Waals surface area contributed by atoms with Crippen LogP contribution in [0.5, 0.6) is 0 Å². The Morgan fingerprint density at radius 3 is 2.85 bits per heavy atom. The number of amides is 2. The average molecular weight is 350 g/mol. The summed E-state index contributed by atoms with van der Waals surface area (Å²) in [6, 6.07) is 14.2. The molecular formula is C19H22N6O. The largest absolute Gasteiger partial charge is 0.336 e. The molecule has 0 aliphatic carbocycles. The molecule has 1 atom stereocenters. The summed E-state index contributed by atoms with van der Waals surface area (Å²) in [7, 11) is 3.94. The number of urea groups is 1. The van der Waals surface area contributed by atoms with Crippen LogP contribution in [0.3, 0.4) is 0 Å². The third kappa shape index (κ3) is 3.25. The second kappa shape index (κ2) is 6.76. The normalized spacial score (nSPS) is 17.1. The van der Waals surface area contributed by atoms with Gasteiger partial charge in [0.1, 0.15) is 5.52 Å². The first kappa shape index (κ1) is 16.5. The highest BCUT2D eigenvalue weighted by molar-refractivity contribution is 5.91. The van der Waals surface area contributed by atoms with E-state index in [2.05, 4.69) is 57.2 Å². The zero-order valence-corrected chi connectivity index (χ0v) is 14.9. The van der Waals surface area contributed by atoms with Crippen molar-refractivity contribution in [2.75, 3.05) is 18.9 Å². The van der Waals surface area contributed by atoms with Crippen molar-refractivity contribution in [3.8, 4) is 0 Å². The number of carbonyl (C=O) groups is 1. The quantitative estimate of drug-likeness (QED) is 0.759. The van der Waals surface area contributed by atoms with Crippen LogP contribution in [-0.2, 0) is 20.0 Å². The number of nitrogens with zero attached hydrogens (tertiary/aromatic N) is 4. The van der Waals surface area contributed by atoms with Gasteiger partial charge in [0.15, 0.2) is 0 Å². The minimum absolute atomic E-state index is 0.208. The monoisotopic (exact) mass is 350 g/mol. The number of hydrogen-bond acceptors (Lipinski definition) is 4. The Balaban J connectivity index is 1.36. The molecule has 0 bridgehead atoms. The van der Waals surface area contributed by atoms with Crippen LogP contribution in [0, 0.1) is 0 Å². The number of benzene rings is 2. The number of anilines is 1. The van der Waals surface area contributed by atoms with Gasteiger partial charge in [0.05, 0.1) is 5.52 Å². The number of nitrogens with one attached hydrogen (secondary N) is 2. The standard InChI is InChI=1S/C19H22N6O/c1-24-12-14-6-4-3-5-13(14)9-16(24)11-20-19(26)21-15-7-8-18-17(10-15)22-23-25(18)2/h3-8,10,16H,9,11-12H2,1-2H3,(H2,20,21,26). The fraction of sp³-hybridized carbons (Fsp3) is 0.316. The molecule has 7 nitrogen and oxygen atoms in total. The van der Waals surface area contributed by atoms with Gasteiger partial charge in [0.2, 0.25) is 0 Å². The lowest BCUT2D eigenvalue weighted by Gasteiger charge is -2.34. The van der Waals surface area contributed by atoms with E-state index in [1.807, 2.05) is 25.2 Å². The molecule has 2 aromatic carbocycles. The first-order valence-electron chi connectivity index (χ1n) is 8.71. The minimum Gasteiger partial charge on any atom is -0.336 e. The van der Waals surface area contributed by atoms with Crippen molar-refractivity contribution in [1.29, 1.82) is 0 Å². The minimum atomic E-state index is -0.208. The zero-order chi connectivity index (χ0) is 18.1. The molecule has 7 heteroatoms. The third-order valence-corrected chi connectivity index (χ3v) is 4.98. The van der Waals surface area contributed by atoms with Gasteiger partial charge in [-0.15, -0.1) is 5.10 Å². The molecule has 134 valence electrons. The number of aryl methyl sites for hydroxylation is 1. The fourth-order valence-corrected chi connectivity index (χ4v) is 3.45. The predicted molar refractivity (Wildman–Crippen MR) is 101 cm³/mol. The van der Waals surface area contributed by atoms with Crippen molar-refractivity contribution in [3.05, 3.63) is 53.6 Å². The van der Waals surface area contributed by atoms with Gasteiger partial charge in [-0.1, -0.05) is 29.5 Å². The Bertz CT molecular complexity index is 950. The molecule has 0 fully saturated rings. The fourth-order valence-electron chi connectivity index (χ4n) is 3.45. The van der Waals surface area contributed by atoms with Crippen molar-refractivity contribution in [2.45, 2.75) is 19.0 Å². The maximum Gasteiger partial charge on any atom is 0.319 e. The number of carbonyl (C=O) groups excluding carboxylic acids is 1. The molecule has 1 aliphatic heterocycles. The van der Waals surface area contributed by atoms with E-state index in [0.717, 1.165) is 24.0 Å². The maximum atomic E-state index is 12.3. The van der Waals surface area contributed by atoms with Gasteiger partial charge in [0, 0.05) is 31.9 Å². The Morgan fingerprint density at radius 2 is 2.00 bits per heavy atom. The topological polar surface area (TPSA) is 75.1 Å².